The first-order valence-corrected chi connectivity index (χ1v) is 9.08. The average molecular weight is 354 g/mol. The molecule has 1 aromatic carbocycles. The molecule has 1 unspecified atom stereocenters. The summed E-state index contributed by atoms with van der Waals surface area (Å²) >= 11 is 0. The fraction of sp³-hybridized carbons (Fsp3) is 0.450. The molecule has 0 bridgehead atoms. The lowest BCUT2D eigenvalue weighted by Crippen LogP contribution is -2.36. The largest absolute Gasteiger partial charge is 0.387 e. The number of aliphatic hydroxyl groups is 1. The molecule has 3 rings (SSSR count). The SMILES string of the molecule is CC(C)Cc1nc2c(c(N(C)CC(O)c3ccccc3)n1)CCNC2=O. The smallest absolute Gasteiger partial charge is 0.270 e. The molecular weight excluding hydrogens is 328 g/mol. The highest BCUT2D eigenvalue weighted by Gasteiger charge is 2.26. The van der Waals surface area contributed by atoms with Crippen molar-refractivity contribution < 1.29 is 9.90 Å². The average Bonchev–Trinajstić information content (AvgIpc) is 2.62. The molecule has 6 heteroatoms. The van der Waals surface area contributed by atoms with E-state index in [1.54, 1.807) is 0 Å². The van der Waals surface area contributed by atoms with E-state index in [1.807, 2.05) is 42.3 Å². The Labute approximate surface area is 154 Å². The molecule has 6 nitrogen and oxygen atoms in total. The predicted octanol–water partition coefficient (Wildman–Crippen LogP) is 2.13. The molecule has 0 aliphatic carbocycles. The molecule has 0 saturated carbocycles. The standard InChI is InChI=1S/C20H26N4O2/c1-13(2)11-17-22-18-15(9-10-21-20(18)26)19(23-17)24(3)12-16(25)14-7-5-4-6-8-14/h4-8,13,16,25H,9-12H2,1-3H3,(H,21,26). The molecule has 1 atom stereocenters. The van der Waals surface area contributed by atoms with Crippen LogP contribution in [0.1, 0.15) is 47.4 Å². The summed E-state index contributed by atoms with van der Waals surface area (Å²) in [4.78, 5) is 23.4. The highest BCUT2D eigenvalue weighted by atomic mass is 16.3. The second-order valence-electron chi connectivity index (χ2n) is 7.20. The normalized spacial score (nSPS) is 14.7. The number of fused-ring (bicyclic) bond motifs is 1. The Bertz CT molecular complexity index is 777. The summed E-state index contributed by atoms with van der Waals surface area (Å²) in [6.45, 7) is 5.19. The number of carbonyl (C=O) groups is 1. The van der Waals surface area contributed by atoms with Crippen LogP contribution >= 0.6 is 0 Å². The van der Waals surface area contributed by atoms with Crippen molar-refractivity contribution >= 4 is 11.7 Å². The molecule has 0 spiro atoms. The molecule has 1 aliphatic heterocycles. The van der Waals surface area contributed by atoms with Crippen LogP contribution < -0.4 is 10.2 Å². The summed E-state index contributed by atoms with van der Waals surface area (Å²) in [5, 5.41) is 13.4. The van der Waals surface area contributed by atoms with Gasteiger partial charge < -0.3 is 15.3 Å². The van der Waals surface area contributed by atoms with Crippen LogP contribution in [0.4, 0.5) is 5.82 Å². The number of aliphatic hydroxyl groups excluding tert-OH is 1. The Morgan fingerprint density at radius 1 is 1.23 bits per heavy atom. The number of likely N-dealkylation sites (N-methyl/N-ethyl adjacent to an activating group) is 1. The van der Waals surface area contributed by atoms with Gasteiger partial charge in [-0.25, -0.2) is 9.97 Å². The van der Waals surface area contributed by atoms with Gasteiger partial charge in [-0.15, -0.1) is 0 Å². The van der Waals surface area contributed by atoms with Gasteiger partial charge in [0.2, 0.25) is 0 Å². The van der Waals surface area contributed by atoms with E-state index in [-0.39, 0.29) is 5.91 Å². The van der Waals surface area contributed by atoms with Gasteiger partial charge in [-0.3, -0.25) is 4.79 Å². The lowest BCUT2D eigenvalue weighted by molar-refractivity contribution is 0.0940. The summed E-state index contributed by atoms with van der Waals surface area (Å²) in [5.74, 6) is 1.67. The van der Waals surface area contributed by atoms with Gasteiger partial charge in [-0.2, -0.15) is 0 Å². The van der Waals surface area contributed by atoms with Crippen molar-refractivity contribution in [3.63, 3.8) is 0 Å². The van der Waals surface area contributed by atoms with E-state index in [9.17, 15) is 9.90 Å². The minimum absolute atomic E-state index is 0.142. The molecule has 1 aromatic heterocycles. The maximum absolute atomic E-state index is 12.3. The van der Waals surface area contributed by atoms with Crippen LogP contribution in [0, 0.1) is 5.92 Å². The molecule has 0 fully saturated rings. The van der Waals surface area contributed by atoms with E-state index in [1.165, 1.54) is 0 Å². The zero-order valence-corrected chi connectivity index (χ0v) is 15.6. The van der Waals surface area contributed by atoms with Crippen molar-refractivity contribution in [2.75, 3.05) is 25.0 Å². The maximum atomic E-state index is 12.3. The highest BCUT2D eigenvalue weighted by Crippen LogP contribution is 2.25. The van der Waals surface area contributed by atoms with Crippen molar-refractivity contribution in [2.45, 2.75) is 32.8 Å². The number of anilines is 1. The van der Waals surface area contributed by atoms with Crippen LogP contribution in [0.15, 0.2) is 30.3 Å². The topological polar surface area (TPSA) is 78.3 Å². The Kier molecular flexibility index (Phi) is 5.52. The number of hydrogen-bond acceptors (Lipinski definition) is 5. The van der Waals surface area contributed by atoms with Crippen LogP contribution in [0.2, 0.25) is 0 Å². The first-order valence-electron chi connectivity index (χ1n) is 9.08. The number of benzene rings is 1. The van der Waals surface area contributed by atoms with E-state index < -0.39 is 6.10 Å². The minimum atomic E-state index is -0.627. The molecule has 2 heterocycles. The van der Waals surface area contributed by atoms with Crippen molar-refractivity contribution in [3.8, 4) is 0 Å². The van der Waals surface area contributed by atoms with Crippen molar-refractivity contribution in [1.29, 1.82) is 0 Å². The van der Waals surface area contributed by atoms with Gasteiger partial charge in [0.1, 0.15) is 17.3 Å². The summed E-state index contributed by atoms with van der Waals surface area (Å²) in [6.07, 6.45) is 0.782. The van der Waals surface area contributed by atoms with E-state index >= 15 is 0 Å². The molecule has 2 aromatic rings. The van der Waals surface area contributed by atoms with Gasteiger partial charge in [-0.05, 0) is 17.9 Å². The quantitative estimate of drug-likeness (QED) is 0.831. The van der Waals surface area contributed by atoms with E-state index in [0.29, 0.717) is 43.4 Å². The van der Waals surface area contributed by atoms with Crippen LogP contribution in [0.3, 0.4) is 0 Å². The number of rotatable bonds is 6. The first-order chi connectivity index (χ1) is 12.5. The van der Waals surface area contributed by atoms with Gasteiger partial charge >= 0.3 is 0 Å². The third-order valence-electron chi connectivity index (χ3n) is 4.49. The van der Waals surface area contributed by atoms with Crippen LogP contribution in [0.25, 0.3) is 0 Å². The van der Waals surface area contributed by atoms with E-state index in [4.69, 9.17) is 4.98 Å². The maximum Gasteiger partial charge on any atom is 0.270 e. The molecule has 2 N–H and O–H groups in total. The fourth-order valence-electron chi connectivity index (χ4n) is 3.22. The molecule has 26 heavy (non-hydrogen) atoms. The van der Waals surface area contributed by atoms with Gasteiger partial charge in [0.15, 0.2) is 0 Å². The van der Waals surface area contributed by atoms with Gasteiger partial charge in [0.25, 0.3) is 5.91 Å². The molecular formula is C20H26N4O2. The summed E-state index contributed by atoms with van der Waals surface area (Å²) in [7, 11) is 1.90. The van der Waals surface area contributed by atoms with Crippen LogP contribution in [-0.2, 0) is 12.8 Å². The van der Waals surface area contributed by atoms with Gasteiger partial charge in [-0.1, -0.05) is 44.2 Å². The number of carbonyl (C=O) groups excluding carboxylic acids is 1. The van der Waals surface area contributed by atoms with Crippen molar-refractivity contribution in [2.24, 2.45) is 5.92 Å². The van der Waals surface area contributed by atoms with E-state index in [2.05, 4.69) is 24.1 Å². The first kappa shape index (κ1) is 18.3. The zero-order valence-electron chi connectivity index (χ0n) is 15.6. The molecule has 0 saturated heterocycles. The third kappa shape index (κ3) is 4.02. The lowest BCUT2D eigenvalue weighted by atomic mass is 10.0. The second kappa shape index (κ2) is 7.83. The number of hydrogen-bond donors (Lipinski definition) is 2. The Hall–Kier alpha value is -2.47. The Balaban J connectivity index is 1.91. The number of nitrogens with zero attached hydrogens (tertiary/aromatic N) is 3. The molecule has 138 valence electrons. The summed E-state index contributed by atoms with van der Waals surface area (Å²) in [5.41, 5.74) is 2.20. The van der Waals surface area contributed by atoms with Gasteiger partial charge in [0, 0.05) is 32.1 Å². The number of aromatic nitrogens is 2. The summed E-state index contributed by atoms with van der Waals surface area (Å²) in [6, 6.07) is 9.57. The number of amides is 1. The second-order valence-corrected chi connectivity index (χ2v) is 7.20. The van der Waals surface area contributed by atoms with Gasteiger partial charge in [0.05, 0.1) is 6.10 Å². The molecule has 1 amide bonds. The Morgan fingerprint density at radius 3 is 2.65 bits per heavy atom. The van der Waals surface area contributed by atoms with Crippen LogP contribution in [0.5, 0.6) is 0 Å². The van der Waals surface area contributed by atoms with Crippen LogP contribution in [-0.4, -0.2) is 41.1 Å². The van der Waals surface area contributed by atoms with Crippen molar-refractivity contribution in [1.82, 2.24) is 15.3 Å². The lowest BCUT2D eigenvalue weighted by Gasteiger charge is -2.27. The monoisotopic (exact) mass is 354 g/mol. The number of nitrogens with one attached hydrogen (secondary N) is 1. The minimum Gasteiger partial charge on any atom is -0.387 e. The summed E-state index contributed by atoms with van der Waals surface area (Å²) < 4.78 is 0. The highest BCUT2D eigenvalue weighted by molar-refractivity contribution is 5.96. The third-order valence-corrected chi connectivity index (χ3v) is 4.49. The fourth-order valence-corrected chi connectivity index (χ4v) is 3.22. The molecule has 0 radical (unpaired) electrons. The Morgan fingerprint density at radius 2 is 1.96 bits per heavy atom. The van der Waals surface area contributed by atoms with E-state index in [0.717, 1.165) is 16.9 Å². The van der Waals surface area contributed by atoms with Crippen molar-refractivity contribution in [3.05, 3.63) is 53.0 Å². The zero-order chi connectivity index (χ0) is 18.7. The predicted molar refractivity (Wildman–Crippen MR) is 101 cm³/mol. The molecule has 1 aliphatic rings.